The Morgan fingerprint density at radius 1 is 1.22 bits per heavy atom. The van der Waals surface area contributed by atoms with Crippen LogP contribution in [-0.4, -0.2) is 41.6 Å². The average molecular weight is 256 g/mol. The standard InChI is InChI=1S/C13H24N2O3/c1-8(2)11(9(3)4)5-14-13(18)15-6-10(7-15)12(16)17/h8-11H,5-7H2,1-4H3,(H,14,18)(H,16,17). The lowest BCUT2D eigenvalue weighted by Crippen LogP contribution is -2.56. The first-order valence-corrected chi connectivity index (χ1v) is 6.58. The summed E-state index contributed by atoms with van der Waals surface area (Å²) in [6, 6.07) is -0.140. The van der Waals surface area contributed by atoms with Gasteiger partial charge in [-0.3, -0.25) is 4.79 Å². The lowest BCUT2D eigenvalue weighted by Gasteiger charge is -2.37. The summed E-state index contributed by atoms with van der Waals surface area (Å²) in [4.78, 5) is 24.0. The second kappa shape index (κ2) is 6.07. The van der Waals surface area contributed by atoms with Gasteiger partial charge in [-0.05, 0) is 17.8 Å². The zero-order valence-electron chi connectivity index (χ0n) is 11.6. The van der Waals surface area contributed by atoms with Gasteiger partial charge in [0.2, 0.25) is 0 Å². The maximum absolute atomic E-state index is 11.8. The highest BCUT2D eigenvalue weighted by atomic mass is 16.4. The Bertz CT molecular complexity index is 301. The van der Waals surface area contributed by atoms with E-state index in [1.54, 1.807) is 4.90 Å². The average Bonchev–Trinajstić information content (AvgIpc) is 2.13. The number of carboxylic acids is 1. The third kappa shape index (κ3) is 3.62. The molecule has 104 valence electrons. The van der Waals surface area contributed by atoms with Crippen LogP contribution in [0, 0.1) is 23.7 Å². The summed E-state index contributed by atoms with van der Waals surface area (Å²) in [6.45, 7) is 9.93. The van der Waals surface area contributed by atoms with Crippen molar-refractivity contribution in [1.29, 1.82) is 0 Å². The zero-order chi connectivity index (χ0) is 13.9. The highest BCUT2D eigenvalue weighted by molar-refractivity contribution is 5.79. The Hall–Kier alpha value is -1.26. The zero-order valence-corrected chi connectivity index (χ0v) is 11.6. The SMILES string of the molecule is CC(C)C(CNC(=O)N1CC(C(=O)O)C1)C(C)C. The van der Waals surface area contributed by atoms with Crippen molar-refractivity contribution in [1.82, 2.24) is 10.2 Å². The molecular formula is C13H24N2O3. The number of carbonyl (C=O) groups excluding carboxylic acids is 1. The number of carbonyl (C=O) groups is 2. The van der Waals surface area contributed by atoms with Crippen molar-refractivity contribution in [2.24, 2.45) is 23.7 Å². The summed E-state index contributed by atoms with van der Waals surface area (Å²) in [7, 11) is 0. The minimum absolute atomic E-state index is 0.140. The summed E-state index contributed by atoms with van der Waals surface area (Å²) >= 11 is 0. The van der Waals surface area contributed by atoms with Gasteiger partial charge < -0.3 is 15.3 Å². The highest BCUT2D eigenvalue weighted by Crippen LogP contribution is 2.20. The fraction of sp³-hybridized carbons (Fsp3) is 0.846. The molecule has 0 aliphatic carbocycles. The van der Waals surface area contributed by atoms with Crippen molar-refractivity contribution in [2.75, 3.05) is 19.6 Å². The Labute approximate surface area is 109 Å². The Morgan fingerprint density at radius 3 is 2.11 bits per heavy atom. The van der Waals surface area contributed by atoms with Crippen LogP contribution >= 0.6 is 0 Å². The first-order valence-electron chi connectivity index (χ1n) is 6.58. The smallest absolute Gasteiger partial charge is 0.317 e. The third-order valence-electron chi connectivity index (χ3n) is 3.72. The van der Waals surface area contributed by atoms with Gasteiger partial charge in [0.15, 0.2) is 0 Å². The van der Waals surface area contributed by atoms with Gasteiger partial charge in [0.25, 0.3) is 0 Å². The van der Waals surface area contributed by atoms with Crippen LogP contribution in [-0.2, 0) is 4.79 Å². The van der Waals surface area contributed by atoms with Crippen molar-refractivity contribution in [2.45, 2.75) is 27.7 Å². The summed E-state index contributed by atoms with van der Waals surface area (Å²) in [6.07, 6.45) is 0. The topological polar surface area (TPSA) is 69.6 Å². The number of nitrogens with zero attached hydrogens (tertiary/aromatic N) is 1. The minimum atomic E-state index is -0.818. The number of aliphatic carboxylic acids is 1. The number of nitrogens with one attached hydrogen (secondary N) is 1. The molecule has 0 saturated carbocycles. The molecule has 5 heteroatoms. The molecule has 0 aromatic carbocycles. The fourth-order valence-corrected chi connectivity index (χ4v) is 2.36. The molecule has 0 spiro atoms. The van der Waals surface area contributed by atoms with Gasteiger partial charge in [-0.25, -0.2) is 4.79 Å². The normalized spacial score (nSPS) is 16.3. The molecule has 1 aliphatic rings. The molecule has 2 amide bonds. The molecular weight excluding hydrogens is 232 g/mol. The molecule has 1 saturated heterocycles. The van der Waals surface area contributed by atoms with Crippen molar-refractivity contribution < 1.29 is 14.7 Å². The molecule has 1 heterocycles. The van der Waals surface area contributed by atoms with Gasteiger partial charge >= 0.3 is 12.0 Å². The van der Waals surface area contributed by atoms with Crippen LogP contribution in [0.2, 0.25) is 0 Å². The van der Waals surface area contributed by atoms with E-state index in [1.807, 2.05) is 0 Å². The van der Waals surface area contributed by atoms with E-state index < -0.39 is 5.97 Å². The summed E-state index contributed by atoms with van der Waals surface area (Å²) < 4.78 is 0. The van der Waals surface area contributed by atoms with Crippen molar-refractivity contribution >= 4 is 12.0 Å². The predicted molar refractivity (Wildman–Crippen MR) is 69.3 cm³/mol. The monoisotopic (exact) mass is 256 g/mol. The Balaban J connectivity index is 2.32. The van der Waals surface area contributed by atoms with E-state index in [0.29, 0.717) is 37.4 Å². The maximum atomic E-state index is 11.8. The molecule has 1 aliphatic heterocycles. The lowest BCUT2D eigenvalue weighted by atomic mass is 9.85. The predicted octanol–water partition coefficient (Wildman–Crippen LogP) is 1.64. The second-order valence-electron chi connectivity index (χ2n) is 5.78. The molecule has 0 atom stereocenters. The number of hydrogen-bond acceptors (Lipinski definition) is 2. The second-order valence-corrected chi connectivity index (χ2v) is 5.78. The van der Waals surface area contributed by atoms with Crippen LogP contribution < -0.4 is 5.32 Å². The van der Waals surface area contributed by atoms with E-state index in [9.17, 15) is 9.59 Å². The number of amides is 2. The van der Waals surface area contributed by atoms with Crippen molar-refractivity contribution in [3.8, 4) is 0 Å². The van der Waals surface area contributed by atoms with Crippen LogP contribution in [0.3, 0.4) is 0 Å². The quantitative estimate of drug-likeness (QED) is 0.785. The summed E-state index contributed by atoms with van der Waals surface area (Å²) in [5, 5.41) is 11.6. The van der Waals surface area contributed by atoms with Crippen LogP contribution in [0.15, 0.2) is 0 Å². The van der Waals surface area contributed by atoms with Crippen molar-refractivity contribution in [3.63, 3.8) is 0 Å². The van der Waals surface area contributed by atoms with E-state index in [1.165, 1.54) is 0 Å². The summed E-state index contributed by atoms with van der Waals surface area (Å²) in [5.41, 5.74) is 0. The number of carboxylic acid groups (broad SMARTS) is 1. The number of hydrogen-bond donors (Lipinski definition) is 2. The molecule has 0 aromatic heterocycles. The van der Waals surface area contributed by atoms with Gasteiger partial charge in [0.1, 0.15) is 0 Å². The lowest BCUT2D eigenvalue weighted by molar-refractivity contribution is -0.146. The molecule has 1 fully saturated rings. The Morgan fingerprint density at radius 2 is 1.72 bits per heavy atom. The van der Waals surface area contributed by atoms with Crippen LogP contribution in [0.1, 0.15) is 27.7 Å². The largest absolute Gasteiger partial charge is 0.481 e. The molecule has 5 nitrogen and oxygen atoms in total. The molecule has 0 unspecified atom stereocenters. The fourth-order valence-electron chi connectivity index (χ4n) is 2.36. The molecule has 0 aromatic rings. The molecule has 18 heavy (non-hydrogen) atoms. The Kier molecular flexibility index (Phi) is 4.99. The molecule has 1 rings (SSSR count). The van der Waals surface area contributed by atoms with Crippen LogP contribution in [0.5, 0.6) is 0 Å². The van der Waals surface area contributed by atoms with Gasteiger partial charge in [-0.15, -0.1) is 0 Å². The number of urea groups is 1. The highest BCUT2D eigenvalue weighted by Gasteiger charge is 2.35. The van der Waals surface area contributed by atoms with Gasteiger partial charge in [-0.2, -0.15) is 0 Å². The van der Waals surface area contributed by atoms with E-state index in [4.69, 9.17) is 5.11 Å². The maximum Gasteiger partial charge on any atom is 0.317 e. The molecule has 0 radical (unpaired) electrons. The van der Waals surface area contributed by atoms with E-state index in [2.05, 4.69) is 33.0 Å². The first-order chi connectivity index (χ1) is 8.32. The third-order valence-corrected chi connectivity index (χ3v) is 3.72. The molecule has 2 N–H and O–H groups in total. The minimum Gasteiger partial charge on any atom is -0.481 e. The summed E-state index contributed by atoms with van der Waals surface area (Å²) in [5.74, 6) is 0.287. The molecule has 0 bridgehead atoms. The van der Waals surface area contributed by atoms with E-state index >= 15 is 0 Å². The van der Waals surface area contributed by atoms with E-state index in [-0.39, 0.29) is 11.9 Å². The van der Waals surface area contributed by atoms with Gasteiger partial charge in [0, 0.05) is 19.6 Å². The number of likely N-dealkylation sites (tertiary alicyclic amines) is 1. The first kappa shape index (κ1) is 14.8. The van der Waals surface area contributed by atoms with Crippen LogP contribution in [0.4, 0.5) is 4.79 Å². The van der Waals surface area contributed by atoms with Gasteiger partial charge in [0.05, 0.1) is 5.92 Å². The van der Waals surface area contributed by atoms with Crippen molar-refractivity contribution in [3.05, 3.63) is 0 Å². The van der Waals surface area contributed by atoms with Gasteiger partial charge in [-0.1, -0.05) is 27.7 Å². The number of rotatable bonds is 5. The van der Waals surface area contributed by atoms with Crippen LogP contribution in [0.25, 0.3) is 0 Å². The van der Waals surface area contributed by atoms with E-state index in [0.717, 1.165) is 0 Å².